The molecule has 0 saturated carbocycles. The summed E-state index contributed by atoms with van der Waals surface area (Å²) in [4.78, 5) is 17.0. The van der Waals surface area contributed by atoms with E-state index in [1.807, 2.05) is 20.8 Å². The number of carbonyl (C=O) groups excluding carboxylic acids is 1. The number of thiazole rings is 1. The zero-order valence-electron chi connectivity index (χ0n) is 13.6. The molecule has 22 heavy (non-hydrogen) atoms. The van der Waals surface area contributed by atoms with E-state index in [1.54, 1.807) is 26.1 Å². The average Bonchev–Trinajstić information content (AvgIpc) is 3.03. The SMILES string of the molecule is Cc1cc(C(C)(O)CNC(=O)c2cnc(C(C)C)s2)c(C)o1. The summed E-state index contributed by atoms with van der Waals surface area (Å²) in [5, 5.41) is 14.3. The lowest BCUT2D eigenvalue weighted by Crippen LogP contribution is -2.38. The van der Waals surface area contributed by atoms with E-state index in [0.29, 0.717) is 22.1 Å². The molecule has 2 rings (SSSR count). The van der Waals surface area contributed by atoms with Crippen molar-refractivity contribution in [3.05, 3.63) is 39.2 Å². The molecular formula is C16H22N2O3S. The maximum absolute atomic E-state index is 12.2. The van der Waals surface area contributed by atoms with Crippen molar-refractivity contribution in [1.82, 2.24) is 10.3 Å². The van der Waals surface area contributed by atoms with E-state index in [0.717, 1.165) is 10.8 Å². The molecule has 1 atom stereocenters. The number of hydrogen-bond acceptors (Lipinski definition) is 5. The smallest absolute Gasteiger partial charge is 0.263 e. The minimum atomic E-state index is -1.18. The number of nitrogens with zero attached hydrogens (tertiary/aromatic N) is 1. The number of aryl methyl sites for hydroxylation is 2. The third kappa shape index (κ3) is 3.56. The van der Waals surface area contributed by atoms with Crippen molar-refractivity contribution in [2.45, 2.75) is 46.1 Å². The van der Waals surface area contributed by atoms with Crippen LogP contribution >= 0.6 is 11.3 Å². The maximum Gasteiger partial charge on any atom is 0.263 e. The molecule has 0 aliphatic carbocycles. The van der Waals surface area contributed by atoms with Gasteiger partial charge in [-0.25, -0.2) is 4.98 Å². The predicted molar refractivity (Wildman–Crippen MR) is 86.3 cm³/mol. The Morgan fingerprint density at radius 3 is 2.68 bits per heavy atom. The zero-order chi connectivity index (χ0) is 16.5. The Kier molecular flexibility index (Phi) is 4.72. The molecule has 1 amide bonds. The highest BCUT2D eigenvalue weighted by molar-refractivity contribution is 7.13. The molecule has 2 heterocycles. The van der Waals surface area contributed by atoms with Crippen LogP contribution in [0, 0.1) is 13.8 Å². The van der Waals surface area contributed by atoms with Gasteiger partial charge in [-0.2, -0.15) is 0 Å². The summed E-state index contributed by atoms with van der Waals surface area (Å²) >= 11 is 1.38. The van der Waals surface area contributed by atoms with E-state index in [1.165, 1.54) is 11.3 Å². The molecule has 0 aliphatic rings. The second kappa shape index (κ2) is 6.22. The third-order valence-corrected chi connectivity index (χ3v) is 4.75. The van der Waals surface area contributed by atoms with E-state index in [2.05, 4.69) is 10.3 Å². The van der Waals surface area contributed by atoms with Crippen molar-refractivity contribution in [3.8, 4) is 0 Å². The lowest BCUT2D eigenvalue weighted by molar-refractivity contribution is 0.0515. The van der Waals surface area contributed by atoms with E-state index >= 15 is 0 Å². The first-order chi connectivity index (χ1) is 10.2. The summed E-state index contributed by atoms with van der Waals surface area (Å²) in [6, 6.07) is 1.80. The van der Waals surface area contributed by atoms with Gasteiger partial charge in [-0.15, -0.1) is 11.3 Å². The van der Waals surface area contributed by atoms with Crippen LogP contribution in [0.25, 0.3) is 0 Å². The van der Waals surface area contributed by atoms with E-state index in [9.17, 15) is 9.90 Å². The van der Waals surface area contributed by atoms with Crippen molar-refractivity contribution in [3.63, 3.8) is 0 Å². The highest BCUT2D eigenvalue weighted by Crippen LogP contribution is 2.27. The summed E-state index contributed by atoms with van der Waals surface area (Å²) in [6.07, 6.45) is 1.58. The molecule has 0 bridgehead atoms. The van der Waals surface area contributed by atoms with E-state index in [-0.39, 0.29) is 12.5 Å². The normalized spacial score (nSPS) is 14.1. The number of amides is 1. The molecule has 5 nitrogen and oxygen atoms in total. The number of aromatic nitrogens is 1. The molecule has 0 radical (unpaired) electrons. The van der Waals surface area contributed by atoms with Crippen LogP contribution in [0.1, 0.15) is 58.5 Å². The highest BCUT2D eigenvalue weighted by Gasteiger charge is 2.28. The van der Waals surface area contributed by atoms with Gasteiger partial charge in [0.2, 0.25) is 0 Å². The van der Waals surface area contributed by atoms with Crippen LogP contribution in [0.5, 0.6) is 0 Å². The Morgan fingerprint density at radius 1 is 1.50 bits per heavy atom. The van der Waals surface area contributed by atoms with Gasteiger partial charge in [0.05, 0.1) is 17.7 Å². The third-order valence-electron chi connectivity index (χ3n) is 3.46. The average molecular weight is 322 g/mol. The maximum atomic E-state index is 12.2. The number of rotatable bonds is 5. The summed E-state index contributed by atoms with van der Waals surface area (Å²) in [5.41, 5.74) is -0.485. The highest BCUT2D eigenvalue weighted by atomic mass is 32.1. The molecule has 0 saturated heterocycles. The summed E-state index contributed by atoms with van der Waals surface area (Å²) in [7, 11) is 0. The molecule has 0 spiro atoms. The molecule has 2 aromatic heterocycles. The molecule has 0 aromatic carbocycles. The van der Waals surface area contributed by atoms with Crippen molar-refractivity contribution < 1.29 is 14.3 Å². The zero-order valence-corrected chi connectivity index (χ0v) is 14.4. The van der Waals surface area contributed by atoms with E-state index in [4.69, 9.17) is 4.42 Å². The predicted octanol–water partition coefficient (Wildman–Crippen LogP) is 3.11. The first-order valence-corrected chi connectivity index (χ1v) is 8.06. The standard InChI is InChI=1S/C16H22N2O3S/c1-9(2)15-17-7-13(22-15)14(19)18-8-16(5,20)12-6-10(3)21-11(12)4/h6-7,9,20H,8H2,1-5H3,(H,18,19). The van der Waals surface area contributed by atoms with Gasteiger partial charge in [0.25, 0.3) is 5.91 Å². The molecule has 0 fully saturated rings. The lowest BCUT2D eigenvalue weighted by Gasteiger charge is -2.23. The number of nitrogens with one attached hydrogen (secondary N) is 1. The molecule has 0 aliphatic heterocycles. The van der Waals surface area contributed by atoms with Crippen molar-refractivity contribution in [2.24, 2.45) is 0 Å². The van der Waals surface area contributed by atoms with Crippen molar-refractivity contribution >= 4 is 17.2 Å². The van der Waals surface area contributed by atoms with Gasteiger partial charge in [0.1, 0.15) is 22.0 Å². The molecular weight excluding hydrogens is 300 g/mol. The van der Waals surface area contributed by atoms with Crippen LogP contribution in [-0.4, -0.2) is 22.5 Å². The fraction of sp³-hybridized carbons (Fsp3) is 0.500. The number of carbonyl (C=O) groups is 1. The summed E-state index contributed by atoms with van der Waals surface area (Å²) < 4.78 is 5.44. The van der Waals surface area contributed by atoms with Crippen LogP contribution in [0.15, 0.2) is 16.7 Å². The second-order valence-electron chi connectivity index (χ2n) is 6.00. The first kappa shape index (κ1) is 16.7. The monoisotopic (exact) mass is 322 g/mol. The largest absolute Gasteiger partial charge is 0.466 e. The van der Waals surface area contributed by atoms with Gasteiger partial charge in [-0.1, -0.05) is 13.8 Å². The Bertz CT molecular complexity index is 671. The Morgan fingerprint density at radius 2 is 2.18 bits per heavy atom. The molecule has 1 unspecified atom stereocenters. The fourth-order valence-corrected chi connectivity index (χ4v) is 3.10. The quantitative estimate of drug-likeness (QED) is 0.887. The first-order valence-electron chi connectivity index (χ1n) is 7.24. The van der Waals surface area contributed by atoms with E-state index < -0.39 is 5.60 Å². The van der Waals surface area contributed by atoms with Gasteiger partial charge in [-0.05, 0) is 26.8 Å². The molecule has 120 valence electrons. The van der Waals surface area contributed by atoms with Crippen LogP contribution < -0.4 is 5.32 Å². The summed E-state index contributed by atoms with van der Waals surface area (Å²) in [6.45, 7) is 9.48. The second-order valence-corrected chi connectivity index (χ2v) is 7.06. The number of hydrogen-bond donors (Lipinski definition) is 2. The summed E-state index contributed by atoms with van der Waals surface area (Å²) in [5.74, 6) is 1.48. The van der Waals surface area contributed by atoms with Gasteiger partial charge in [0.15, 0.2) is 0 Å². The molecule has 2 N–H and O–H groups in total. The van der Waals surface area contributed by atoms with Crippen LogP contribution in [0.2, 0.25) is 0 Å². The minimum Gasteiger partial charge on any atom is -0.466 e. The van der Waals surface area contributed by atoms with Crippen molar-refractivity contribution in [2.75, 3.05) is 6.54 Å². The van der Waals surface area contributed by atoms with Gasteiger partial charge >= 0.3 is 0 Å². The Labute approximate surface area is 134 Å². The Balaban J connectivity index is 2.04. The molecule has 2 aromatic rings. The topological polar surface area (TPSA) is 75.4 Å². The molecule has 6 heteroatoms. The van der Waals surface area contributed by atoms with Gasteiger partial charge in [-0.3, -0.25) is 4.79 Å². The fourth-order valence-electron chi connectivity index (χ4n) is 2.26. The Hall–Kier alpha value is -1.66. The van der Waals surface area contributed by atoms with Crippen LogP contribution in [0.3, 0.4) is 0 Å². The number of furan rings is 1. The van der Waals surface area contributed by atoms with Crippen LogP contribution in [-0.2, 0) is 5.60 Å². The van der Waals surface area contributed by atoms with Gasteiger partial charge < -0.3 is 14.8 Å². The minimum absolute atomic E-state index is 0.112. The lowest BCUT2D eigenvalue weighted by atomic mass is 9.96. The van der Waals surface area contributed by atoms with Gasteiger partial charge in [0, 0.05) is 11.5 Å². The number of aliphatic hydroxyl groups is 1. The van der Waals surface area contributed by atoms with Crippen LogP contribution in [0.4, 0.5) is 0 Å². The van der Waals surface area contributed by atoms with Crippen molar-refractivity contribution in [1.29, 1.82) is 0 Å².